The van der Waals surface area contributed by atoms with Crippen LogP contribution >= 0.6 is 11.8 Å². The first-order valence-corrected chi connectivity index (χ1v) is 8.59. The van der Waals surface area contributed by atoms with E-state index < -0.39 is 17.6 Å². The van der Waals surface area contributed by atoms with Crippen LogP contribution in [0.5, 0.6) is 0 Å². The second-order valence-electron chi connectivity index (χ2n) is 5.37. The highest BCUT2D eigenvalue weighted by Crippen LogP contribution is 2.30. The van der Waals surface area contributed by atoms with Gasteiger partial charge >= 0.3 is 6.18 Å². The minimum atomic E-state index is -4.47. The van der Waals surface area contributed by atoms with Crippen LogP contribution in [0.4, 0.5) is 18.9 Å². The molecule has 2 aromatic heterocycles. The topological polar surface area (TPSA) is 85.6 Å². The molecule has 0 bridgehead atoms. The number of nitrogens with zero attached hydrogens (tertiary/aromatic N) is 5. The molecule has 0 aliphatic carbocycles. The first-order valence-electron chi connectivity index (χ1n) is 7.60. The van der Waals surface area contributed by atoms with Crippen molar-refractivity contribution >= 4 is 23.4 Å². The van der Waals surface area contributed by atoms with E-state index in [4.69, 9.17) is 0 Å². The Labute approximate surface area is 156 Å². The third-order valence-electron chi connectivity index (χ3n) is 3.43. The number of benzene rings is 1. The van der Waals surface area contributed by atoms with E-state index in [2.05, 4.69) is 25.5 Å². The van der Waals surface area contributed by atoms with Crippen LogP contribution in [0.2, 0.25) is 0 Å². The van der Waals surface area contributed by atoms with Gasteiger partial charge < -0.3 is 9.88 Å². The number of amides is 1. The molecule has 0 saturated carbocycles. The van der Waals surface area contributed by atoms with Crippen LogP contribution in [-0.4, -0.2) is 36.4 Å². The van der Waals surface area contributed by atoms with Gasteiger partial charge in [0.15, 0.2) is 11.0 Å². The van der Waals surface area contributed by atoms with Crippen molar-refractivity contribution in [3.8, 4) is 11.5 Å². The Morgan fingerprint density at radius 1 is 1.26 bits per heavy atom. The normalized spacial score (nSPS) is 11.4. The van der Waals surface area contributed by atoms with Crippen molar-refractivity contribution in [2.24, 2.45) is 7.05 Å². The summed E-state index contributed by atoms with van der Waals surface area (Å²) in [6.07, 6.45) is 0.136. The van der Waals surface area contributed by atoms with Crippen LogP contribution < -0.4 is 5.32 Å². The van der Waals surface area contributed by atoms with Crippen molar-refractivity contribution in [3.63, 3.8) is 0 Å². The third kappa shape index (κ3) is 4.61. The number of aromatic nitrogens is 5. The quantitative estimate of drug-likeness (QED) is 0.670. The second-order valence-corrected chi connectivity index (χ2v) is 6.31. The van der Waals surface area contributed by atoms with Gasteiger partial charge in [-0.1, -0.05) is 17.8 Å². The Kier molecular flexibility index (Phi) is 5.40. The van der Waals surface area contributed by atoms with Gasteiger partial charge in [-0.25, -0.2) is 4.98 Å². The molecular weight excluding hydrogens is 381 g/mol. The Bertz CT molecular complexity index is 945. The summed E-state index contributed by atoms with van der Waals surface area (Å²) < 4.78 is 39.8. The first-order chi connectivity index (χ1) is 12.8. The van der Waals surface area contributed by atoms with E-state index in [-0.39, 0.29) is 11.4 Å². The standard InChI is InChI=1S/C16H13F3N6OS/c1-25-14(12-8-20-5-6-21-12)23-24-15(25)27-9-13(26)22-11-4-2-3-10(7-11)16(17,18)19/h2-8H,9H2,1H3,(H,22,26). The number of thioether (sulfide) groups is 1. The number of halogens is 3. The van der Waals surface area contributed by atoms with Gasteiger partial charge in [0, 0.05) is 25.1 Å². The number of alkyl halides is 3. The van der Waals surface area contributed by atoms with Crippen LogP contribution in [-0.2, 0) is 18.0 Å². The molecule has 3 aromatic rings. The van der Waals surface area contributed by atoms with Gasteiger partial charge in [-0.05, 0) is 18.2 Å². The molecule has 0 atom stereocenters. The number of nitrogens with one attached hydrogen (secondary N) is 1. The molecule has 3 rings (SSSR count). The zero-order chi connectivity index (χ0) is 19.4. The molecule has 7 nitrogen and oxygen atoms in total. The number of hydrogen-bond donors (Lipinski definition) is 1. The number of anilines is 1. The minimum absolute atomic E-state index is 0.0390. The molecule has 0 saturated heterocycles. The Balaban J connectivity index is 1.63. The molecule has 0 unspecified atom stereocenters. The summed E-state index contributed by atoms with van der Waals surface area (Å²) in [6.45, 7) is 0. The molecule has 0 radical (unpaired) electrons. The predicted octanol–water partition coefficient (Wildman–Crippen LogP) is 3.02. The maximum atomic E-state index is 12.7. The summed E-state index contributed by atoms with van der Waals surface area (Å²) in [4.78, 5) is 20.1. The molecule has 2 heterocycles. The molecule has 27 heavy (non-hydrogen) atoms. The lowest BCUT2D eigenvalue weighted by molar-refractivity contribution is -0.137. The molecular formula is C16H13F3N6OS. The van der Waals surface area contributed by atoms with Gasteiger partial charge in [0.1, 0.15) is 5.69 Å². The molecule has 0 aliphatic heterocycles. The van der Waals surface area contributed by atoms with Gasteiger partial charge in [0.05, 0.1) is 17.5 Å². The highest BCUT2D eigenvalue weighted by Gasteiger charge is 2.30. The van der Waals surface area contributed by atoms with E-state index in [1.54, 1.807) is 17.8 Å². The number of carbonyl (C=O) groups is 1. The van der Waals surface area contributed by atoms with Crippen molar-refractivity contribution in [1.29, 1.82) is 0 Å². The summed E-state index contributed by atoms with van der Waals surface area (Å²) in [6, 6.07) is 4.46. The average molecular weight is 394 g/mol. The fourth-order valence-electron chi connectivity index (χ4n) is 2.18. The predicted molar refractivity (Wildman–Crippen MR) is 92.8 cm³/mol. The summed E-state index contributed by atoms with van der Waals surface area (Å²) in [7, 11) is 1.72. The molecule has 0 fully saturated rings. The molecule has 1 amide bonds. The lowest BCUT2D eigenvalue weighted by atomic mass is 10.2. The van der Waals surface area contributed by atoms with Crippen LogP contribution in [0.3, 0.4) is 0 Å². The van der Waals surface area contributed by atoms with E-state index in [1.165, 1.54) is 24.5 Å². The van der Waals surface area contributed by atoms with Gasteiger partial charge in [-0.3, -0.25) is 9.78 Å². The summed E-state index contributed by atoms with van der Waals surface area (Å²) >= 11 is 1.11. The largest absolute Gasteiger partial charge is 0.416 e. The van der Waals surface area contributed by atoms with Crippen molar-refractivity contribution in [2.75, 3.05) is 11.1 Å². The Morgan fingerprint density at radius 3 is 2.78 bits per heavy atom. The smallest absolute Gasteiger partial charge is 0.325 e. The maximum absolute atomic E-state index is 12.7. The van der Waals surface area contributed by atoms with E-state index >= 15 is 0 Å². The highest BCUT2D eigenvalue weighted by molar-refractivity contribution is 7.99. The number of rotatable bonds is 5. The molecule has 140 valence electrons. The van der Waals surface area contributed by atoms with E-state index in [1.807, 2.05) is 0 Å². The van der Waals surface area contributed by atoms with E-state index in [0.29, 0.717) is 16.7 Å². The number of carbonyl (C=O) groups excluding carboxylic acids is 1. The Morgan fingerprint density at radius 2 is 2.07 bits per heavy atom. The number of hydrogen-bond acceptors (Lipinski definition) is 6. The molecule has 1 N–H and O–H groups in total. The molecule has 11 heteroatoms. The summed E-state index contributed by atoms with van der Waals surface area (Å²) in [5, 5.41) is 10.9. The van der Waals surface area contributed by atoms with Gasteiger partial charge in [0.2, 0.25) is 5.91 Å². The van der Waals surface area contributed by atoms with Crippen LogP contribution in [0, 0.1) is 0 Å². The van der Waals surface area contributed by atoms with Gasteiger partial charge in [0.25, 0.3) is 0 Å². The van der Waals surface area contributed by atoms with Crippen molar-refractivity contribution in [3.05, 3.63) is 48.4 Å². The molecule has 0 aliphatic rings. The van der Waals surface area contributed by atoms with E-state index in [9.17, 15) is 18.0 Å². The average Bonchev–Trinajstić information content (AvgIpc) is 3.01. The van der Waals surface area contributed by atoms with Crippen molar-refractivity contribution in [2.45, 2.75) is 11.3 Å². The zero-order valence-electron chi connectivity index (χ0n) is 13.9. The highest BCUT2D eigenvalue weighted by atomic mass is 32.2. The summed E-state index contributed by atoms with van der Waals surface area (Å²) in [5.74, 6) is -0.00450. The zero-order valence-corrected chi connectivity index (χ0v) is 14.8. The van der Waals surface area contributed by atoms with Crippen molar-refractivity contribution in [1.82, 2.24) is 24.7 Å². The third-order valence-corrected chi connectivity index (χ3v) is 4.45. The molecule has 0 spiro atoms. The first kappa shape index (κ1) is 18.8. The minimum Gasteiger partial charge on any atom is -0.325 e. The van der Waals surface area contributed by atoms with Crippen LogP contribution in [0.25, 0.3) is 11.5 Å². The van der Waals surface area contributed by atoms with Crippen molar-refractivity contribution < 1.29 is 18.0 Å². The second kappa shape index (κ2) is 7.74. The van der Waals surface area contributed by atoms with Gasteiger partial charge in [-0.15, -0.1) is 10.2 Å². The SMILES string of the molecule is Cn1c(SCC(=O)Nc2cccc(C(F)(F)F)c2)nnc1-c1cnccn1. The van der Waals surface area contributed by atoms with Crippen LogP contribution in [0.1, 0.15) is 5.56 Å². The maximum Gasteiger partial charge on any atom is 0.416 e. The lowest BCUT2D eigenvalue weighted by Crippen LogP contribution is -2.15. The lowest BCUT2D eigenvalue weighted by Gasteiger charge is -2.09. The van der Waals surface area contributed by atoms with E-state index in [0.717, 1.165) is 23.9 Å². The fraction of sp³-hybridized carbons (Fsp3) is 0.188. The van der Waals surface area contributed by atoms with Gasteiger partial charge in [-0.2, -0.15) is 13.2 Å². The van der Waals surface area contributed by atoms with Crippen LogP contribution in [0.15, 0.2) is 48.0 Å². The summed E-state index contributed by atoms with van der Waals surface area (Å²) in [5.41, 5.74) is -0.212. The fourth-order valence-corrected chi connectivity index (χ4v) is 2.89. The Hall–Kier alpha value is -2.95. The monoisotopic (exact) mass is 394 g/mol. The molecule has 1 aromatic carbocycles.